The van der Waals surface area contributed by atoms with Gasteiger partial charge in [0.05, 0.1) is 17.7 Å². The average Bonchev–Trinajstić information content (AvgIpc) is 3.18. The predicted octanol–water partition coefficient (Wildman–Crippen LogP) is 5.96. The van der Waals surface area contributed by atoms with Crippen LogP contribution in [0.3, 0.4) is 0 Å². The fourth-order valence-corrected chi connectivity index (χ4v) is 3.50. The van der Waals surface area contributed by atoms with E-state index in [1.165, 1.54) is 12.1 Å². The van der Waals surface area contributed by atoms with Crippen LogP contribution >= 0.6 is 0 Å². The molecule has 0 aliphatic rings. The van der Waals surface area contributed by atoms with E-state index < -0.39 is 41.4 Å². The van der Waals surface area contributed by atoms with E-state index in [0.29, 0.717) is 35.0 Å². The minimum Gasteiger partial charge on any atom is -0.462 e. The fraction of sp³-hybridized carbons (Fsp3) is 0.304. The molecule has 1 unspecified atom stereocenters. The zero-order valence-electron chi connectivity index (χ0n) is 18.0. The maximum absolute atomic E-state index is 13.7. The fourth-order valence-electron chi connectivity index (χ4n) is 3.50. The third kappa shape index (κ3) is 5.35. The Morgan fingerprint density at radius 3 is 2.32 bits per heavy atom. The Balaban J connectivity index is 1.96. The van der Waals surface area contributed by atoms with E-state index in [2.05, 4.69) is 4.98 Å². The summed E-state index contributed by atoms with van der Waals surface area (Å²) in [6.45, 7) is 3.58. The Hall–Kier alpha value is -3.50. The third-order valence-corrected chi connectivity index (χ3v) is 5.12. The van der Waals surface area contributed by atoms with Crippen molar-refractivity contribution in [1.29, 1.82) is 0 Å². The summed E-state index contributed by atoms with van der Waals surface area (Å²) in [6, 6.07) is 4.33. The van der Waals surface area contributed by atoms with E-state index in [1.54, 1.807) is 25.2 Å². The van der Waals surface area contributed by atoms with Gasteiger partial charge in [-0.1, -0.05) is 19.1 Å². The highest BCUT2D eigenvalue weighted by Crippen LogP contribution is 2.36. The van der Waals surface area contributed by atoms with Crippen LogP contribution in [0, 0.1) is 0 Å². The molecule has 0 fully saturated rings. The molecule has 0 aliphatic carbocycles. The molecule has 1 amide bonds. The molecule has 182 valence electrons. The van der Waals surface area contributed by atoms with Crippen molar-refractivity contribution in [3.8, 4) is 0 Å². The zero-order valence-corrected chi connectivity index (χ0v) is 18.0. The number of fused-ring (bicyclic) bond motifs is 1. The summed E-state index contributed by atoms with van der Waals surface area (Å²) < 4.78 is 84.9. The number of alkyl halides is 6. The van der Waals surface area contributed by atoms with Crippen molar-refractivity contribution in [2.45, 2.75) is 38.7 Å². The number of hydrogen-bond donors (Lipinski definition) is 2. The van der Waals surface area contributed by atoms with Crippen molar-refractivity contribution in [2.24, 2.45) is 0 Å². The van der Waals surface area contributed by atoms with Crippen LogP contribution in [0.15, 0.2) is 42.5 Å². The summed E-state index contributed by atoms with van der Waals surface area (Å²) in [5.41, 5.74) is -1.00. The molecule has 34 heavy (non-hydrogen) atoms. The van der Waals surface area contributed by atoms with Crippen molar-refractivity contribution >= 4 is 22.8 Å². The first-order valence-corrected chi connectivity index (χ1v) is 10.2. The first-order valence-electron chi connectivity index (χ1n) is 10.2. The van der Waals surface area contributed by atoms with E-state index in [1.807, 2.05) is 0 Å². The van der Waals surface area contributed by atoms with Gasteiger partial charge in [-0.05, 0) is 54.8 Å². The number of rotatable bonds is 6. The van der Waals surface area contributed by atoms with Gasteiger partial charge < -0.3 is 15.0 Å². The van der Waals surface area contributed by atoms with Gasteiger partial charge in [-0.3, -0.25) is 4.79 Å². The van der Waals surface area contributed by atoms with Crippen molar-refractivity contribution in [1.82, 2.24) is 10.3 Å². The molecule has 2 N–H and O–H groups in total. The Kier molecular flexibility index (Phi) is 6.94. The summed E-state index contributed by atoms with van der Waals surface area (Å²) in [5, 5.41) is 2.14. The number of carbonyl (C=O) groups is 2. The second-order valence-corrected chi connectivity index (χ2v) is 7.42. The second-order valence-electron chi connectivity index (χ2n) is 7.42. The molecule has 0 spiro atoms. The first-order chi connectivity index (χ1) is 15.8. The maximum atomic E-state index is 13.7. The summed E-state index contributed by atoms with van der Waals surface area (Å²) >= 11 is 0. The number of H-pyrrole nitrogens is 1. The van der Waals surface area contributed by atoms with Crippen LogP contribution < -0.4 is 5.32 Å². The molecule has 5 nitrogen and oxygen atoms in total. The maximum Gasteiger partial charge on any atom is 0.416 e. The molecule has 1 heterocycles. The third-order valence-electron chi connectivity index (χ3n) is 5.12. The van der Waals surface area contributed by atoms with Crippen LogP contribution in [0.4, 0.5) is 26.3 Å². The molecule has 1 atom stereocenters. The van der Waals surface area contributed by atoms with Gasteiger partial charge in [0.2, 0.25) is 0 Å². The smallest absolute Gasteiger partial charge is 0.416 e. The number of ether oxygens (including phenoxy) is 1. The Bertz CT molecular complexity index is 1210. The van der Waals surface area contributed by atoms with Crippen molar-refractivity contribution in [2.75, 3.05) is 6.61 Å². The molecule has 3 aromatic rings. The van der Waals surface area contributed by atoms with Crippen LogP contribution in [-0.2, 0) is 17.3 Å². The number of carbonyl (C=O) groups excluding carboxylic acids is 2. The normalized spacial score (nSPS) is 13.1. The van der Waals surface area contributed by atoms with E-state index >= 15 is 0 Å². The van der Waals surface area contributed by atoms with Crippen LogP contribution in [0.5, 0.6) is 0 Å². The monoisotopic (exact) mass is 486 g/mol. The van der Waals surface area contributed by atoms with Crippen LogP contribution in [-0.4, -0.2) is 29.6 Å². The van der Waals surface area contributed by atoms with Crippen molar-refractivity contribution in [3.63, 3.8) is 0 Å². The summed E-state index contributed by atoms with van der Waals surface area (Å²) in [6.07, 6.45) is -9.45. The number of esters is 1. The Morgan fingerprint density at radius 2 is 1.74 bits per heavy atom. The molecule has 0 radical (unpaired) electrons. The SMILES string of the molecule is CCOC(=O)c1cc2cc(C(=O)NC(c3cccc(C(F)(F)F)c3)C(F)(F)F)[nH]c2cc1CC. The van der Waals surface area contributed by atoms with Gasteiger partial charge >= 0.3 is 18.3 Å². The summed E-state index contributed by atoms with van der Waals surface area (Å²) in [7, 11) is 0. The molecule has 0 aliphatic heterocycles. The number of aromatic nitrogens is 1. The molecular formula is C23H20F6N2O3. The van der Waals surface area contributed by atoms with Gasteiger partial charge in [0.25, 0.3) is 5.91 Å². The Labute approximate surface area is 190 Å². The molecule has 2 aromatic carbocycles. The standard InChI is InChI=1S/C23H20F6N2O3/c1-3-12-10-17-14(9-16(12)21(33)34-4-2)11-18(30-17)20(32)31-19(23(27,28)29)13-6-5-7-15(8-13)22(24,25)26/h5-11,19,30H,3-4H2,1-2H3,(H,31,32). The Morgan fingerprint density at radius 1 is 1.03 bits per heavy atom. The first kappa shape index (κ1) is 25.1. The number of aryl methyl sites for hydroxylation is 1. The van der Waals surface area contributed by atoms with Gasteiger partial charge in [0.15, 0.2) is 6.04 Å². The van der Waals surface area contributed by atoms with E-state index in [9.17, 15) is 35.9 Å². The molecule has 11 heteroatoms. The topological polar surface area (TPSA) is 71.2 Å². The van der Waals surface area contributed by atoms with Crippen LogP contribution in [0.2, 0.25) is 0 Å². The highest BCUT2D eigenvalue weighted by atomic mass is 19.4. The van der Waals surface area contributed by atoms with Gasteiger partial charge in [-0.15, -0.1) is 0 Å². The average molecular weight is 486 g/mol. The van der Waals surface area contributed by atoms with Gasteiger partial charge in [0.1, 0.15) is 5.69 Å². The number of nitrogens with one attached hydrogen (secondary N) is 2. The lowest BCUT2D eigenvalue weighted by Gasteiger charge is -2.22. The van der Waals surface area contributed by atoms with Gasteiger partial charge in [-0.2, -0.15) is 26.3 Å². The number of hydrogen-bond acceptors (Lipinski definition) is 3. The largest absolute Gasteiger partial charge is 0.462 e. The lowest BCUT2D eigenvalue weighted by molar-refractivity contribution is -0.156. The van der Waals surface area contributed by atoms with Crippen LogP contribution in [0.25, 0.3) is 10.9 Å². The van der Waals surface area contributed by atoms with E-state index in [4.69, 9.17) is 4.74 Å². The minimum atomic E-state index is -5.06. The lowest BCUT2D eigenvalue weighted by Crippen LogP contribution is -2.38. The lowest BCUT2D eigenvalue weighted by atomic mass is 10.0. The molecule has 1 aromatic heterocycles. The molecule has 0 saturated carbocycles. The molecular weight excluding hydrogens is 466 g/mol. The van der Waals surface area contributed by atoms with E-state index in [-0.39, 0.29) is 17.9 Å². The van der Waals surface area contributed by atoms with Gasteiger partial charge in [0, 0.05) is 10.9 Å². The van der Waals surface area contributed by atoms with Gasteiger partial charge in [-0.25, -0.2) is 4.79 Å². The quantitative estimate of drug-likeness (QED) is 0.334. The molecule has 0 bridgehead atoms. The molecule has 0 saturated heterocycles. The predicted molar refractivity (Wildman–Crippen MR) is 111 cm³/mol. The summed E-state index contributed by atoms with van der Waals surface area (Å²) in [5.74, 6) is -1.75. The van der Waals surface area contributed by atoms with Crippen molar-refractivity contribution in [3.05, 3.63) is 70.4 Å². The minimum absolute atomic E-state index is 0.148. The highest BCUT2D eigenvalue weighted by molar-refractivity contribution is 6.01. The highest BCUT2D eigenvalue weighted by Gasteiger charge is 2.43. The van der Waals surface area contributed by atoms with Crippen LogP contribution in [0.1, 0.15) is 57.4 Å². The zero-order chi connectivity index (χ0) is 25.3. The van der Waals surface area contributed by atoms with Crippen molar-refractivity contribution < 1.29 is 40.7 Å². The number of amides is 1. The number of halogens is 6. The van der Waals surface area contributed by atoms with E-state index in [0.717, 1.165) is 12.1 Å². The summed E-state index contributed by atoms with van der Waals surface area (Å²) in [4.78, 5) is 27.5. The number of benzene rings is 2. The number of aromatic amines is 1. The molecule has 3 rings (SSSR count). The second kappa shape index (κ2) is 9.40.